The molecule has 2 N–H and O–H groups in total. The zero-order chi connectivity index (χ0) is 10.3. The molecule has 14 heavy (non-hydrogen) atoms. The number of nitrogen functional groups attached to an aromatic ring is 1. The molecule has 1 amide bonds. The fourth-order valence-corrected chi connectivity index (χ4v) is 1.81. The lowest BCUT2D eigenvalue weighted by Crippen LogP contribution is -2.31. The Bertz CT molecular complexity index is 399. The van der Waals surface area contributed by atoms with Gasteiger partial charge in [-0.2, -0.15) is 0 Å². The van der Waals surface area contributed by atoms with Crippen LogP contribution in [0.1, 0.15) is 17.5 Å². The quantitative estimate of drug-likeness (QED) is 0.630. The van der Waals surface area contributed by atoms with Crippen LogP contribution >= 0.6 is 0 Å². The van der Waals surface area contributed by atoms with Gasteiger partial charge in [0.15, 0.2) is 0 Å². The first-order valence-corrected chi connectivity index (χ1v) is 4.75. The molecule has 0 aromatic heterocycles. The van der Waals surface area contributed by atoms with Crippen LogP contribution in [0.15, 0.2) is 12.1 Å². The van der Waals surface area contributed by atoms with E-state index in [-0.39, 0.29) is 5.91 Å². The average molecular weight is 190 g/mol. The molecule has 1 heterocycles. The Morgan fingerprint density at radius 3 is 2.79 bits per heavy atom. The van der Waals surface area contributed by atoms with Crippen molar-refractivity contribution < 1.29 is 4.79 Å². The van der Waals surface area contributed by atoms with Crippen LogP contribution in [0.5, 0.6) is 0 Å². The summed E-state index contributed by atoms with van der Waals surface area (Å²) in [6.45, 7) is 1.96. The molecule has 0 fully saturated rings. The zero-order valence-electron chi connectivity index (χ0n) is 8.50. The maximum Gasteiger partial charge on any atom is 0.227 e. The average Bonchev–Trinajstić information content (AvgIpc) is 2.15. The molecule has 1 aromatic carbocycles. The zero-order valence-corrected chi connectivity index (χ0v) is 8.50. The van der Waals surface area contributed by atoms with Gasteiger partial charge in [0.2, 0.25) is 5.91 Å². The highest BCUT2D eigenvalue weighted by molar-refractivity contribution is 5.96. The molecule has 74 valence electrons. The Balaban J connectivity index is 2.55. The monoisotopic (exact) mass is 190 g/mol. The molecule has 0 saturated carbocycles. The van der Waals surface area contributed by atoms with Crippen molar-refractivity contribution in [3.63, 3.8) is 0 Å². The maximum atomic E-state index is 11.4. The predicted molar refractivity (Wildman–Crippen MR) is 57.3 cm³/mol. The molecule has 0 aliphatic carbocycles. The molecular formula is C11H14N2O. The highest BCUT2D eigenvalue weighted by Gasteiger charge is 2.21. The predicted octanol–water partition coefficient (Wildman–Crippen LogP) is 1.49. The second-order valence-electron chi connectivity index (χ2n) is 3.79. The van der Waals surface area contributed by atoms with Crippen LogP contribution in [0.25, 0.3) is 0 Å². The van der Waals surface area contributed by atoms with E-state index in [0.29, 0.717) is 6.42 Å². The Morgan fingerprint density at radius 2 is 2.07 bits per heavy atom. The van der Waals surface area contributed by atoms with E-state index in [0.717, 1.165) is 23.4 Å². The van der Waals surface area contributed by atoms with Crippen LogP contribution in [-0.4, -0.2) is 13.0 Å². The van der Waals surface area contributed by atoms with E-state index in [9.17, 15) is 4.79 Å². The number of anilines is 2. The van der Waals surface area contributed by atoms with Gasteiger partial charge in [-0.3, -0.25) is 4.79 Å². The molecule has 3 heteroatoms. The molecule has 0 bridgehead atoms. The number of hydrogen-bond acceptors (Lipinski definition) is 2. The van der Waals surface area contributed by atoms with Gasteiger partial charge in [0.05, 0.1) is 0 Å². The Kier molecular flexibility index (Phi) is 1.95. The van der Waals surface area contributed by atoms with E-state index < -0.39 is 0 Å². The smallest absolute Gasteiger partial charge is 0.227 e. The third kappa shape index (κ3) is 1.25. The van der Waals surface area contributed by atoms with Crippen molar-refractivity contribution >= 4 is 17.3 Å². The summed E-state index contributed by atoms with van der Waals surface area (Å²) in [7, 11) is 1.82. The van der Waals surface area contributed by atoms with E-state index in [1.165, 1.54) is 5.56 Å². The van der Waals surface area contributed by atoms with Crippen LogP contribution in [-0.2, 0) is 11.2 Å². The van der Waals surface area contributed by atoms with Crippen molar-refractivity contribution in [1.82, 2.24) is 0 Å². The second kappa shape index (κ2) is 3.01. The summed E-state index contributed by atoms with van der Waals surface area (Å²) in [6, 6.07) is 3.97. The van der Waals surface area contributed by atoms with Crippen molar-refractivity contribution in [3.05, 3.63) is 23.3 Å². The fourth-order valence-electron chi connectivity index (χ4n) is 1.81. The fraction of sp³-hybridized carbons (Fsp3) is 0.364. The van der Waals surface area contributed by atoms with Crippen LogP contribution in [0.2, 0.25) is 0 Å². The van der Waals surface area contributed by atoms with Gasteiger partial charge in [-0.15, -0.1) is 0 Å². The number of nitrogens with zero attached hydrogens (tertiary/aromatic N) is 1. The van der Waals surface area contributed by atoms with Crippen LogP contribution < -0.4 is 10.6 Å². The summed E-state index contributed by atoms with van der Waals surface area (Å²) in [4.78, 5) is 13.2. The number of hydrogen-bond donors (Lipinski definition) is 1. The van der Waals surface area contributed by atoms with Crippen molar-refractivity contribution in [1.29, 1.82) is 0 Å². The molecule has 1 aliphatic heterocycles. The third-order valence-electron chi connectivity index (χ3n) is 2.81. The molecule has 0 unspecified atom stereocenters. The topological polar surface area (TPSA) is 46.3 Å². The first-order valence-electron chi connectivity index (χ1n) is 4.75. The first kappa shape index (κ1) is 9.06. The summed E-state index contributed by atoms with van der Waals surface area (Å²) in [5.74, 6) is 0.182. The van der Waals surface area contributed by atoms with Crippen molar-refractivity contribution in [2.24, 2.45) is 0 Å². The molecule has 2 rings (SSSR count). The summed E-state index contributed by atoms with van der Waals surface area (Å²) >= 11 is 0. The molecule has 3 nitrogen and oxygen atoms in total. The lowest BCUT2D eigenvalue weighted by Gasteiger charge is -2.26. The van der Waals surface area contributed by atoms with E-state index >= 15 is 0 Å². The number of nitrogens with two attached hydrogens (primary N) is 1. The van der Waals surface area contributed by atoms with Gasteiger partial charge in [-0.25, -0.2) is 0 Å². The number of benzene rings is 1. The Morgan fingerprint density at radius 1 is 1.36 bits per heavy atom. The van der Waals surface area contributed by atoms with E-state index in [2.05, 4.69) is 0 Å². The number of aryl methyl sites for hydroxylation is 2. The van der Waals surface area contributed by atoms with Crippen molar-refractivity contribution in [2.75, 3.05) is 17.7 Å². The van der Waals surface area contributed by atoms with Crippen LogP contribution in [0, 0.1) is 6.92 Å². The largest absolute Gasteiger partial charge is 0.399 e. The normalized spacial score (nSPS) is 15.6. The van der Waals surface area contributed by atoms with Gasteiger partial charge in [0.25, 0.3) is 0 Å². The summed E-state index contributed by atoms with van der Waals surface area (Å²) in [5.41, 5.74) is 9.85. The number of rotatable bonds is 0. The number of fused-ring (bicyclic) bond motifs is 1. The van der Waals surface area contributed by atoms with E-state index in [1.54, 1.807) is 4.90 Å². The van der Waals surface area contributed by atoms with Gasteiger partial charge >= 0.3 is 0 Å². The Labute approximate surface area is 83.5 Å². The molecule has 0 spiro atoms. The molecule has 1 aromatic rings. The highest BCUT2D eigenvalue weighted by Crippen LogP contribution is 2.30. The number of carbonyl (C=O) groups is 1. The highest BCUT2D eigenvalue weighted by atomic mass is 16.2. The summed E-state index contributed by atoms with van der Waals surface area (Å²) < 4.78 is 0. The molecule has 1 aliphatic rings. The number of amides is 1. The van der Waals surface area contributed by atoms with Gasteiger partial charge in [-0.05, 0) is 36.6 Å². The van der Waals surface area contributed by atoms with Gasteiger partial charge < -0.3 is 10.6 Å². The summed E-state index contributed by atoms with van der Waals surface area (Å²) in [5, 5.41) is 0. The lowest BCUT2D eigenvalue weighted by molar-refractivity contribution is -0.118. The summed E-state index contributed by atoms with van der Waals surface area (Å²) in [6.07, 6.45) is 1.40. The van der Waals surface area contributed by atoms with Gasteiger partial charge in [0, 0.05) is 24.8 Å². The Hall–Kier alpha value is -1.51. The molecular weight excluding hydrogens is 176 g/mol. The van der Waals surface area contributed by atoms with Crippen molar-refractivity contribution in [2.45, 2.75) is 19.8 Å². The van der Waals surface area contributed by atoms with E-state index in [4.69, 9.17) is 5.73 Å². The van der Waals surface area contributed by atoms with Crippen LogP contribution in [0.3, 0.4) is 0 Å². The van der Waals surface area contributed by atoms with Gasteiger partial charge in [-0.1, -0.05) is 0 Å². The minimum Gasteiger partial charge on any atom is -0.399 e. The minimum absolute atomic E-state index is 0.182. The molecule has 0 radical (unpaired) electrons. The minimum atomic E-state index is 0.182. The van der Waals surface area contributed by atoms with Gasteiger partial charge in [0.1, 0.15) is 0 Å². The second-order valence-corrected chi connectivity index (χ2v) is 3.79. The molecule has 0 atom stereocenters. The standard InChI is InChI=1S/C11H14N2O/c1-7-5-10-8(6-9(7)12)3-4-11(14)13(10)2/h5-6H,3-4,12H2,1-2H3. The maximum absolute atomic E-state index is 11.4. The SMILES string of the molecule is Cc1cc2c(cc1N)CCC(=O)N2C. The molecule has 0 saturated heterocycles. The van der Waals surface area contributed by atoms with E-state index in [1.807, 2.05) is 26.1 Å². The van der Waals surface area contributed by atoms with Crippen LogP contribution in [0.4, 0.5) is 11.4 Å². The lowest BCUT2D eigenvalue weighted by atomic mass is 9.99. The number of carbonyl (C=O) groups excluding carboxylic acids is 1. The third-order valence-corrected chi connectivity index (χ3v) is 2.81. The first-order chi connectivity index (χ1) is 6.59. The van der Waals surface area contributed by atoms with Crippen molar-refractivity contribution in [3.8, 4) is 0 Å².